The van der Waals surface area contributed by atoms with Crippen LogP contribution in [0.25, 0.3) is 0 Å². The van der Waals surface area contributed by atoms with Crippen molar-refractivity contribution in [2.24, 2.45) is 0 Å². The molecule has 0 saturated carbocycles. The predicted molar refractivity (Wildman–Crippen MR) is 73.7 cm³/mol. The number of hydrogen-bond donors (Lipinski definition) is 0. The van der Waals surface area contributed by atoms with Gasteiger partial charge in [0.25, 0.3) is 0 Å². The minimum atomic E-state index is 0.0451. The Kier molecular flexibility index (Phi) is 4.61. The van der Waals surface area contributed by atoms with Gasteiger partial charge < -0.3 is 4.90 Å². The van der Waals surface area contributed by atoms with E-state index in [1.165, 1.54) is 5.56 Å². The van der Waals surface area contributed by atoms with Crippen molar-refractivity contribution in [3.8, 4) is 0 Å². The van der Waals surface area contributed by atoms with Gasteiger partial charge in [-0.2, -0.15) is 0 Å². The van der Waals surface area contributed by atoms with E-state index in [4.69, 9.17) is 11.6 Å². The summed E-state index contributed by atoms with van der Waals surface area (Å²) < 4.78 is 0. The summed E-state index contributed by atoms with van der Waals surface area (Å²) in [4.78, 5) is 15.7. The van der Waals surface area contributed by atoms with Gasteiger partial charge in [-0.25, -0.2) is 0 Å². The van der Waals surface area contributed by atoms with Crippen LogP contribution < -0.4 is 0 Å². The van der Waals surface area contributed by atoms with Crippen LogP contribution in [0.5, 0.6) is 0 Å². The lowest BCUT2D eigenvalue weighted by Gasteiger charge is -2.38. The fourth-order valence-corrected chi connectivity index (χ4v) is 2.55. The molecule has 1 amide bonds. The quantitative estimate of drug-likeness (QED) is 0.783. The van der Waals surface area contributed by atoms with Crippen LogP contribution in [0.3, 0.4) is 0 Å². The highest BCUT2D eigenvalue weighted by molar-refractivity contribution is 6.27. The number of benzene rings is 1. The molecule has 3 nitrogen and oxygen atoms in total. The molecule has 0 N–H and O–H groups in total. The van der Waals surface area contributed by atoms with Gasteiger partial charge in [0.05, 0.1) is 0 Å². The molecule has 1 saturated heterocycles. The smallest absolute Gasteiger partial charge is 0.237 e. The molecular weight excluding hydrogens is 248 g/mol. The Morgan fingerprint density at radius 1 is 1.22 bits per heavy atom. The average Bonchev–Trinajstić information content (AvgIpc) is 2.47. The maximum atomic E-state index is 11.5. The Bertz CT molecular complexity index is 388. The molecule has 98 valence electrons. The normalized spacial score (nSPS) is 18.7. The fraction of sp³-hybridized carbons (Fsp3) is 0.500. The number of hydrogen-bond acceptors (Lipinski definition) is 2. The number of rotatable bonds is 3. The number of carbonyl (C=O) groups excluding carboxylic acids is 1. The molecule has 1 heterocycles. The third-order valence-corrected chi connectivity index (χ3v) is 3.84. The summed E-state index contributed by atoms with van der Waals surface area (Å²) in [6.07, 6.45) is 0. The Labute approximate surface area is 113 Å². The molecule has 0 spiro atoms. The second-order valence-corrected chi connectivity index (χ2v) is 4.90. The van der Waals surface area contributed by atoms with Gasteiger partial charge in [0, 0.05) is 32.2 Å². The van der Waals surface area contributed by atoms with E-state index in [0.717, 1.165) is 26.2 Å². The molecule has 0 radical (unpaired) electrons. The largest absolute Gasteiger partial charge is 0.339 e. The van der Waals surface area contributed by atoms with E-state index >= 15 is 0 Å². The lowest BCUT2D eigenvalue weighted by Crippen LogP contribution is -2.49. The number of nitrogens with zero attached hydrogens (tertiary/aromatic N) is 2. The number of amides is 1. The van der Waals surface area contributed by atoms with Crippen molar-refractivity contribution in [1.82, 2.24) is 9.80 Å². The number of carbonyl (C=O) groups is 1. The molecule has 18 heavy (non-hydrogen) atoms. The second kappa shape index (κ2) is 6.21. The molecule has 4 heteroatoms. The maximum absolute atomic E-state index is 11.5. The first-order chi connectivity index (χ1) is 8.72. The van der Waals surface area contributed by atoms with Crippen molar-refractivity contribution in [3.63, 3.8) is 0 Å². The van der Waals surface area contributed by atoms with Crippen molar-refractivity contribution >= 4 is 17.5 Å². The molecule has 1 aliphatic rings. The van der Waals surface area contributed by atoms with Crippen LogP contribution in [0.2, 0.25) is 0 Å². The highest BCUT2D eigenvalue weighted by Crippen LogP contribution is 2.21. The van der Waals surface area contributed by atoms with Crippen LogP contribution in [-0.4, -0.2) is 47.8 Å². The van der Waals surface area contributed by atoms with E-state index in [1.807, 2.05) is 11.0 Å². The molecule has 0 unspecified atom stereocenters. The topological polar surface area (TPSA) is 23.6 Å². The van der Waals surface area contributed by atoms with Gasteiger partial charge in [0.15, 0.2) is 0 Å². The third-order valence-electron chi connectivity index (χ3n) is 3.61. The lowest BCUT2D eigenvalue weighted by molar-refractivity contribution is -0.130. The van der Waals surface area contributed by atoms with E-state index in [9.17, 15) is 4.79 Å². The summed E-state index contributed by atoms with van der Waals surface area (Å²) >= 11 is 5.58. The van der Waals surface area contributed by atoms with Crippen LogP contribution >= 0.6 is 11.6 Å². The molecule has 2 rings (SSSR count). The van der Waals surface area contributed by atoms with Crippen molar-refractivity contribution < 1.29 is 4.79 Å². The van der Waals surface area contributed by atoms with Gasteiger partial charge in [-0.05, 0) is 12.5 Å². The second-order valence-electron chi connectivity index (χ2n) is 4.64. The highest BCUT2D eigenvalue weighted by Gasteiger charge is 2.23. The van der Waals surface area contributed by atoms with Gasteiger partial charge in [-0.1, -0.05) is 30.3 Å². The lowest BCUT2D eigenvalue weighted by atomic mass is 10.1. The van der Waals surface area contributed by atoms with Crippen molar-refractivity contribution in [2.45, 2.75) is 13.0 Å². The molecule has 0 aromatic heterocycles. The summed E-state index contributed by atoms with van der Waals surface area (Å²) in [6.45, 7) is 5.61. The van der Waals surface area contributed by atoms with Crippen molar-refractivity contribution in [2.75, 3.05) is 32.1 Å². The zero-order chi connectivity index (χ0) is 13.0. The SMILES string of the molecule is C[C@@H](c1ccccc1)N1CCN(C(=O)CCl)CC1. The van der Waals surface area contributed by atoms with Gasteiger partial charge in [-0.15, -0.1) is 11.6 Å². The Hall–Kier alpha value is -1.06. The fourth-order valence-electron chi connectivity index (χ4n) is 2.39. The number of piperazine rings is 1. The van der Waals surface area contributed by atoms with E-state index < -0.39 is 0 Å². The maximum Gasteiger partial charge on any atom is 0.237 e. The van der Waals surface area contributed by atoms with Crippen LogP contribution in [0.1, 0.15) is 18.5 Å². The zero-order valence-electron chi connectivity index (χ0n) is 10.7. The number of alkyl halides is 1. The Balaban J connectivity index is 1.92. The summed E-state index contributed by atoms with van der Waals surface area (Å²) in [7, 11) is 0. The van der Waals surface area contributed by atoms with Crippen LogP contribution in [0, 0.1) is 0 Å². The van der Waals surface area contributed by atoms with E-state index in [2.05, 4.69) is 36.1 Å². The predicted octanol–water partition coefficient (Wildman–Crippen LogP) is 2.13. The molecule has 1 aromatic carbocycles. The van der Waals surface area contributed by atoms with E-state index in [0.29, 0.717) is 6.04 Å². The van der Waals surface area contributed by atoms with Gasteiger partial charge in [-0.3, -0.25) is 9.69 Å². The third kappa shape index (κ3) is 3.03. The molecule has 1 fully saturated rings. The summed E-state index contributed by atoms with van der Waals surface area (Å²) in [5.41, 5.74) is 1.33. The molecule has 0 bridgehead atoms. The number of halogens is 1. The van der Waals surface area contributed by atoms with Gasteiger partial charge >= 0.3 is 0 Å². The Morgan fingerprint density at radius 2 is 1.83 bits per heavy atom. The monoisotopic (exact) mass is 266 g/mol. The summed E-state index contributed by atoms with van der Waals surface area (Å²) in [6, 6.07) is 10.9. The summed E-state index contributed by atoms with van der Waals surface area (Å²) in [5, 5.41) is 0. The molecule has 0 aliphatic carbocycles. The first-order valence-corrected chi connectivity index (χ1v) is 6.88. The minimum absolute atomic E-state index is 0.0451. The van der Waals surface area contributed by atoms with Gasteiger partial charge in [0.2, 0.25) is 5.91 Å². The molecule has 1 aliphatic heterocycles. The standard InChI is InChI=1S/C14H19ClN2O/c1-12(13-5-3-2-4-6-13)16-7-9-17(10-8-16)14(18)11-15/h2-6,12H,7-11H2,1H3/t12-/m0/s1. The molecule has 1 aromatic rings. The van der Waals surface area contributed by atoms with E-state index in [-0.39, 0.29) is 11.8 Å². The van der Waals surface area contributed by atoms with Gasteiger partial charge in [0.1, 0.15) is 5.88 Å². The molecule has 1 atom stereocenters. The molecular formula is C14H19ClN2O. The van der Waals surface area contributed by atoms with Crippen molar-refractivity contribution in [1.29, 1.82) is 0 Å². The van der Waals surface area contributed by atoms with Crippen LogP contribution in [0.15, 0.2) is 30.3 Å². The first-order valence-electron chi connectivity index (χ1n) is 6.35. The highest BCUT2D eigenvalue weighted by atomic mass is 35.5. The van der Waals surface area contributed by atoms with Crippen LogP contribution in [-0.2, 0) is 4.79 Å². The first kappa shape index (κ1) is 13.4. The summed E-state index contributed by atoms with van der Waals surface area (Å²) in [5.74, 6) is 0.137. The average molecular weight is 267 g/mol. The zero-order valence-corrected chi connectivity index (χ0v) is 11.4. The minimum Gasteiger partial charge on any atom is -0.339 e. The van der Waals surface area contributed by atoms with E-state index in [1.54, 1.807) is 0 Å². The Morgan fingerprint density at radius 3 is 2.39 bits per heavy atom. The van der Waals surface area contributed by atoms with Crippen LogP contribution in [0.4, 0.5) is 0 Å². The van der Waals surface area contributed by atoms with Crippen molar-refractivity contribution in [3.05, 3.63) is 35.9 Å².